The van der Waals surface area contributed by atoms with E-state index >= 15 is 0 Å². The van der Waals surface area contributed by atoms with Gasteiger partial charge in [-0.1, -0.05) is 6.08 Å². The zero-order valence-electron chi connectivity index (χ0n) is 14.7. The van der Waals surface area contributed by atoms with Gasteiger partial charge in [-0.3, -0.25) is 0 Å². The van der Waals surface area contributed by atoms with E-state index < -0.39 is 61.4 Å². The summed E-state index contributed by atoms with van der Waals surface area (Å²) in [7, 11) is 1.20. The number of hydrogen-bond acceptors (Lipinski definition) is 10. The highest BCUT2D eigenvalue weighted by molar-refractivity contribution is 5.89. The summed E-state index contributed by atoms with van der Waals surface area (Å²) in [5, 5.41) is 39.0. The summed E-state index contributed by atoms with van der Waals surface area (Å²) in [6.07, 6.45) is -5.31. The van der Waals surface area contributed by atoms with E-state index in [1.807, 2.05) is 0 Å². The lowest BCUT2D eigenvalue weighted by Crippen LogP contribution is -2.60. The number of aliphatic hydroxyl groups excluding tert-OH is 4. The molecule has 0 bridgehead atoms. The second-order valence-electron chi connectivity index (χ2n) is 6.22. The molecule has 0 aromatic carbocycles. The summed E-state index contributed by atoms with van der Waals surface area (Å²) in [6, 6.07) is 0. The first kappa shape index (κ1) is 21.5. The number of esters is 1. The van der Waals surface area contributed by atoms with Crippen molar-refractivity contribution in [3.05, 3.63) is 24.5 Å². The van der Waals surface area contributed by atoms with Crippen LogP contribution in [0.25, 0.3) is 0 Å². The molecule has 0 aromatic heterocycles. The van der Waals surface area contributed by atoms with Crippen LogP contribution in [0.2, 0.25) is 0 Å². The second kappa shape index (κ2) is 9.40. The lowest BCUT2D eigenvalue weighted by Gasteiger charge is -2.42. The smallest absolute Gasteiger partial charge is 0.337 e. The molecule has 0 aliphatic carbocycles. The largest absolute Gasteiger partial charge is 0.471 e. The zero-order chi connectivity index (χ0) is 20.1. The number of aliphatic hydroxyl groups is 4. The van der Waals surface area contributed by atoms with Gasteiger partial charge in [-0.25, -0.2) is 4.79 Å². The molecule has 10 heteroatoms. The topological polar surface area (TPSA) is 152 Å². The van der Waals surface area contributed by atoms with E-state index in [0.717, 1.165) is 6.26 Å². The minimum absolute atomic E-state index is 0.0322. The lowest BCUT2D eigenvalue weighted by atomic mass is 9.82. The van der Waals surface area contributed by atoms with Gasteiger partial charge >= 0.3 is 5.97 Å². The molecule has 4 N–H and O–H groups in total. The third kappa shape index (κ3) is 4.37. The van der Waals surface area contributed by atoms with Crippen molar-refractivity contribution in [1.82, 2.24) is 0 Å². The van der Waals surface area contributed by atoms with Crippen LogP contribution < -0.4 is 0 Å². The van der Waals surface area contributed by atoms with Crippen molar-refractivity contribution in [2.24, 2.45) is 11.8 Å². The predicted molar refractivity (Wildman–Crippen MR) is 87.7 cm³/mol. The van der Waals surface area contributed by atoms with Gasteiger partial charge in [0.05, 0.1) is 25.6 Å². The van der Waals surface area contributed by atoms with Gasteiger partial charge in [-0.2, -0.15) is 0 Å². The average molecular weight is 388 g/mol. The molecule has 152 valence electrons. The minimum atomic E-state index is -1.62. The van der Waals surface area contributed by atoms with E-state index in [9.17, 15) is 30.0 Å². The van der Waals surface area contributed by atoms with Crippen LogP contribution in [0.5, 0.6) is 0 Å². The van der Waals surface area contributed by atoms with Crippen LogP contribution in [0.4, 0.5) is 0 Å². The van der Waals surface area contributed by atoms with Gasteiger partial charge in [-0.15, -0.1) is 6.58 Å². The summed E-state index contributed by atoms with van der Waals surface area (Å²) < 4.78 is 21.0. The zero-order valence-corrected chi connectivity index (χ0v) is 14.7. The van der Waals surface area contributed by atoms with Gasteiger partial charge in [-0.05, 0) is 0 Å². The Kier molecular flexibility index (Phi) is 7.48. The lowest BCUT2D eigenvalue weighted by molar-refractivity contribution is -0.339. The molecule has 1 fully saturated rings. The van der Waals surface area contributed by atoms with Crippen LogP contribution in [0.1, 0.15) is 6.42 Å². The Morgan fingerprint density at radius 2 is 1.96 bits per heavy atom. The van der Waals surface area contributed by atoms with E-state index in [2.05, 4.69) is 11.3 Å². The highest BCUT2D eigenvalue weighted by atomic mass is 16.8. The van der Waals surface area contributed by atoms with E-state index in [4.69, 9.17) is 14.2 Å². The summed E-state index contributed by atoms with van der Waals surface area (Å²) in [5.41, 5.74) is 0.128. The summed E-state index contributed by atoms with van der Waals surface area (Å²) in [4.78, 5) is 23.0. The van der Waals surface area contributed by atoms with Gasteiger partial charge in [0.2, 0.25) is 6.29 Å². The molecule has 8 atom stereocenters. The third-order valence-electron chi connectivity index (χ3n) is 4.67. The summed E-state index contributed by atoms with van der Waals surface area (Å²) in [5.74, 6) is -1.99. The second-order valence-corrected chi connectivity index (χ2v) is 6.22. The maximum absolute atomic E-state index is 11.9. The Balaban J connectivity index is 2.22. The molecule has 1 saturated heterocycles. The normalized spacial score (nSPS) is 39.1. The number of hydrogen-bond donors (Lipinski definition) is 4. The Hall–Kier alpha value is -1.82. The molecule has 2 heterocycles. The highest BCUT2D eigenvalue weighted by Gasteiger charge is 2.47. The SMILES string of the molecule is C=C[C@H]1[C@@H](O[C@H]2O[C@@H](CO)[C@@H](O)[C@@H](O)[C@H]2O)OC=C(C(=O)OC)[C@H]1CC=O. The van der Waals surface area contributed by atoms with Crippen molar-refractivity contribution >= 4 is 12.3 Å². The first-order valence-corrected chi connectivity index (χ1v) is 8.35. The Bertz CT molecular complexity index is 574. The van der Waals surface area contributed by atoms with Crippen molar-refractivity contribution in [2.75, 3.05) is 13.7 Å². The van der Waals surface area contributed by atoms with Crippen molar-refractivity contribution < 1.29 is 49.0 Å². The molecule has 0 aromatic rings. The van der Waals surface area contributed by atoms with E-state index in [1.165, 1.54) is 13.2 Å². The van der Waals surface area contributed by atoms with Crippen LogP contribution in [0.3, 0.4) is 0 Å². The maximum Gasteiger partial charge on any atom is 0.337 e. The van der Waals surface area contributed by atoms with Gasteiger partial charge in [0.15, 0.2) is 6.29 Å². The first-order valence-electron chi connectivity index (χ1n) is 8.35. The molecule has 27 heavy (non-hydrogen) atoms. The monoisotopic (exact) mass is 388 g/mol. The van der Waals surface area contributed by atoms with E-state index in [0.29, 0.717) is 6.29 Å². The van der Waals surface area contributed by atoms with Crippen molar-refractivity contribution in [3.8, 4) is 0 Å². The number of rotatable bonds is 7. The van der Waals surface area contributed by atoms with Crippen molar-refractivity contribution in [3.63, 3.8) is 0 Å². The molecular weight excluding hydrogens is 364 g/mol. The highest BCUT2D eigenvalue weighted by Crippen LogP contribution is 2.36. The van der Waals surface area contributed by atoms with Crippen LogP contribution in [-0.2, 0) is 28.5 Å². The molecule has 0 amide bonds. The van der Waals surface area contributed by atoms with Crippen LogP contribution in [0.15, 0.2) is 24.5 Å². The molecule has 0 unspecified atom stereocenters. The molecule has 0 radical (unpaired) electrons. The summed E-state index contributed by atoms with van der Waals surface area (Å²) in [6.45, 7) is 3.06. The number of carbonyl (C=O) groups is 2. The maximum atomic E-state index is 11.9. The fourth-order valence-electron chi connectivity index (χ4n) is 3.13. The number of aldehydes is 1. The minimum Gasteiger partial charge on any atom is -0.471 e. The number of methoxy groups -OCH3 is 1. The molecule has 2 aliphatic heterocycles. The van der Waals surface area contributed by atoms with Crippen LogP contribution in [0, 0.1) is 11.8 Å². The molecule has 10 nitrogen and oxygen atoms in total. The van der Waals surface area contributed by atoms with Crippen molar-refractivity contribution in [2.45, 2.75) is 43.4 Å². The van der Waals surface area contributed by atoms with E-state index in [-0.39, 0.29) is 12.0 Å². The standard InChI is InChI=1S/C17H24O10/c1-3-8-9(4-5-18)10(15(23)24-2)7-25-16(8)27-17-14(22)13(21)12(20)11(6-19)26-17/h3,5,7-9,11-14,16-17,19-22H,1,4,6H2,2H3/t8-,9+,11+,12-,13-,14-,16-,17-/m1/s1. The Labute approximate surface area is 155 Å². The quantitative estimate of drug-likeness (QED) is 0.224. The van der Waals surface area contributed by atoms with Gasteiger partial charge in [0, 0.05) is 18.3 Å². The fraction of sp³-hybridized carbons (Fsp3) is 0.647. The molecule has 0 saturated carbocycles. The van der Waals surface area contributed by atoms with Crippen LogP contribution in [-0.4, -0.2) is 83.4 Å². The fourth-order valence-corrected chi connectivity index (χ4v) is 3.13. The average Bonchev–Trinajstić information content (AvgIpc) is 2.68. The number of ether oxygens (including phenoxy) is 4. The Morgan fingerprint density at radius 3 is 2.52 bits per heavy atom. The molecular formula is C17H24O10. The van der Waals surface area contributed by atoms with Gasteiger partial charge in [0.1, 0.15) is 30.7 Å². The van der Waals surface area contributed by atoms with E-state index in [1.54, 1.807) is 0 Å². The molecule has 0 spiro atoms. The van der Waals surface area contributed by atoms with Crippen molar-refractivity contribution in [1.29, 1.82) is 0 Å². The predicted octanol–water partition coefficient (Wildman–Crippen LogP) is -1.78. The van der Waals surface area contributed by atoms with Gasteiger partial charge < -0.3 is 44.2 Å². The van der Waals surface area contributed by atoms with Gasteiger partial charge in [0.25, 0.3) is 0 Å². The Morgan fingerprint density at radius 1 is 1.26 bits per heavy atom. The molecule has 2 rings (SSSR count). The molecule has 2 aliphatic rings. The summed E-state index contributed by atoms with van der Waals surface area (Å²) >= 11 is 0. The third-order valence-corrected chi connectivity index (χ3v) is 4.67. The van der Waals surface area contributed by atoms with Crippen LogP contribution >= 0.6 is 0 Å². The first-order chi connectivity index (χ1) is 12.9. The number of carbonyl (C=O) groups excluding carboxylic acids is 2.